The van der Waals surface area contributed by atoms with Gasteiger partial charge in [0.2, 0.25) is 0 Å². The largest absolute Gasteiger partial charge is 0.422 e. The summed E-state index contributed by atoms with van der Waals surface area (Å²) in [7, 11) is 0. The van der Waals surface area contributed by atoms with Gasteiger partial charge in [-0.05, 0) is 42.5 Å². The molecule has 0 unspecified atom stereocenters. The maximum Gasteiger partial charge on any atom is 0.349 e. The highest BCUT2D eigenvalue weighted by Crippen LogP contribution is 2.20. The number of para-hydroxylation sites is 1. The van der Waals surface area contributed by atoms with Crippen LogP contribution in [-0.4, -0.2) is 5.91 Å². The van der Waals surface area contributed by atoms with Gasteiger partial charge in [-0.1, -0.05) is 18.2 Å². The number of hydrogen-bond acceptors (Lipinski definition) is 4. The van der Waals surface area contributed by atoms with Gasteiger partial charge >= 0.3 is 5.63 Å². The molecule has 0 bridgehead atoms. The number of benzene rings is 1. The van der Waals surface area contributed by atoms with Crippen LogP contribution in [0.15, 0.2) is 44.9 Å². The summed E-state index contributed by atoms with van der Waals surface area (Å²) in [6, 6.07) is 8.70. The molecule has 0 aliphatic heterocycles. The highest BCUT2D eigenvalue weighted by molar-refractivity contribution is 7.10. The fourth-order valence-corrected chi connectivity index (χ4v) is 3.11. The van der Waals surface area contributed by atoms with Gasteiger partial charge in [-0.15, -0.1) is 11.3 Å². The number of carbonyl (C=O) groups excluding carboxylic acids is 1. The average Bonchev–Trinajstić information content (AvgIpc) is 2.83. The van der Waals surface area contributed by atoms with Gasteiger partial charge in [-0.25, -0.2) is 4.79 Å². The average molecular weight is 313 g/mol. The van der Waals surface area contributed by atoms with E-state index in [0.29, 0.717) is 12.1 Å². The number of carbonyl (C=O) groups is 1. The molecule has 1 amide bonds. The number of rotatable bonds is 3. The molecule has 3 aromatic rings. The fourth-order valence-electron chi connectivity index (χ4n) is 2.23. The number of thiophene rings is 1. The molecular formula is C17H15NO3S. The number of amides is 1. The van der Waals surface area contributed by atoms with Gasteiger partial charge in [0.05, 0.1) is 0 Å². The molecule has 22 heavy (non-hydrogen) atoms. The minimum absolute atomic E-state index is 0.0308. The van der Waals surface area contributed by atoms with Crippen LogP contribution in [0.5, 0.6) is 0 Å². The zero-order valence-electron chi connectivity index (χ0n) is 12.3. The Kier molecular flexibility index (Phi) is 3.81. The predicted octanol–water partition coefficient (Wildman–Crippen LogP) is 3.40. The lowest BCUT2D eigenvalue weighted by Gasteiger charge is -2.05. The van der Waals surface area contributed by atoms with Gasteiger partial charge < -0.3 is 9.73 Å². The third kappa shape index (κ3) is 2.67. The summed E-state index contributed by atoms with van der Waals surface area (Å²) in [5.41, 5.74) is 2.14. The maximum absolute atomic E-state index is 12.2. The van der Waals surface area contributed by atoms with Crippen molar-refractivity contribution in [2.45, 2.75) is 20.4 Å². The lowest BCUT2D eigenvalue weighted by atomic mass is 10.1. The second-order valence-electron chi connectivity index (χ2n) is 5.11. The van der Waals surface area contributed by atoms with Crippen LogP contribution in [0.4, 0.5) is 0 Å². The molecule has 3 rings (SSSR count). The normalized spacial score (nSPS) is 10.8. The first kappa shape index (κ1) is 14.5. The van der Waals surface area contributed by atoms with E-state index in [0.717, 1.165) is 10.9 Å². The van der Waals surface area contributed by atoms with Gasteiger partial charge in [0.15, 0.2) is 0 Å². The molecule has 0 radical (unpaired) electrons. The summed E-state index contributed by atoms with van der Waals surface area (Å²) >= 11 is 1.65. The highest BCUT2D eigenvalue weighted by Gasteiger charge is 2.14. The molecule has 1 aromatic carbocycles. The Labute approximate surface area is 131 Å². The van der Waals surface area contributed by atoms with Crippen molar-refractivity contribution in [3.63, 3.8) is 0 Å². The molecule has 1 N–H and O–H groups in total. The summed E-state index contributed by atoms with van der Waals surface area (Å²) in [5.74, 6) is -0.414. The van der Waals surface area contributed by atoms with Crippen molar-refractivity contribution in [3.05, 3.63) is 67.7 Å². The molecule has 0 fully saturated rings. The van der Waals surface area contributed by atoms with E-state index < -0.39 is 11.5 Å². The molecule has 5 heteroatoms. The van der Waals surface area contributed by atoms with Gasteiger partial charge in [-0.2, -0.15) is 0 Å². The molecule has 0 aliphatic rings. The Bertz CT molecular complexity index is 908. The van der Waals surface area contributed by atoms with Gasteiger partial charge in [-0.3, -0.25) is 4.79 Å². The van der Waals surface area contributed by atoms with Crippen LogP contribution < -0.4 is 10.9 Å². The van der Waals surface area contributed by atoms with Crippen molar-refractivity contribution in [2.24, 2.45) is 0 Å². The SMILES string of the molecule is Cc1scc(CNC(=O)c2cc3ccccc3oc2=O)c1C. The topological polar surface area (TPSA) is 59.3 Å². The van der Waals surface area contributed by atoms with Crippen LogP contribution in [0.2, 0.25) is 0 Å². The number of fused-ring (bicyclic) bond motifs is 1. The monoisotopic (exact) mass is 313 g/mol. The van der Waals surface area contributed by atoms with E-state index in [-0.39, 0.29) is 5.56 Å². The van der Waals surface area contributed by atoms with Crippen LogP contribution in [0, 0.1) is 13.8 Å². The lowest BCUT2D eigenvalue weighted by Crippen LogP contribution is -2.27. The first-order chi connectivity index (χ1) is 10.6. The van der Waals surface area contributed by atoms with E-state index in [9.17, 15) is 9.59 Å². The van der Waals surface area contributed by atoms with E-state index in [4.69, 9.17) is 4.42 Å². The molecule has 2 aromatic heterocycles. The standard InChI is InChI=1S/C17H15NO3S/c1-10-11(2)22-9-13(10)8-18-16(19)14-7-12-5-3-4-6-15(12)21-17(14)20/h3-7,9H,8H2,1-2H3,(H,18,19). The van der Waals surface area contributed by atoms with Gasteiger partial charge in [0.1, 0.15) is 11.1 Å². The molecule has 0 aliphatic carbocycles. The summed E-state index contributed by atoms with van der Waals surface area (Å²) in [6.07, 6.45) is 0. The first-order valence-corrected chi connectivity index (χ1v) is 7.79. The molecule has 112 valence electrons. The molecule has 0 saturated carbocycles. The zero-order chi connectivity index (χ0) is 15.7. The summed E-state index contributed by atoms with van der Waals surface area (Å²) in [4.78, 5) is 25.4. The molecule has 0 atom stereocenters. The van der Waals surface area contributed by atoms with Crippen LogP contribution in [0.1, 0.15) is 26.4 Å². The molecule has 0 saturated heterocycles. The fraction of sp³-hybridized carbons (Fsp3) is 0.176. The Morgan fingerprint density at radius 1 is 1.27 bits per heavy atom. The van der Waals surface area contributed by atoms with Crippen molar-refractivity contribution in [2.75, 3.05) is 0 Å². The van der Waals surface area contributed by atoms with E-state index in [2.05, 4.69) is 5.32 Å². The first-order valence-electron chi connectivity index (χ1n) is 6.91. The second kappa shape index (κ2) is 5.77. The van der Waals surface area contributed by atoms with E-state index in [1.165, 1.54) is 10.4 Å². The summed E-state index contributed by atoms with van der Waals surface area (Å²) < 4.78 is 5.18. The van der Waals surface area contributed by atoms with Crippen LogP contribution >= 0.6 is 11.3 Å². The zero-order valence-corrected chi connectivity index (χ0v) is 13.1. The number of hydrogen-bond donors (Lipinski definition) is 1. The Hall–Kier alpha value is -2.40. The minimum atomic E-state index is -0.616. The number of nitrogens with one attached hydrogen (secondary N) is 1. The van der Waals surface area contributed by atoms with Crippen molar-refractivity contribution >= 4 is 28.2 Å². The molecule has 2 heterocycles. The third-order valence-electron chi connectivity index (χ3n) is 3.71. The maximum atomic E-state index is 12.2. The Balaban J connectivity index is 1.84. The van der Waals surface area contributed by atoms with Crippen LogP contribution in [0.25, 0.3) is 11.0 Å². The molecule has 0 spiro atoms. The quantitative estimate of drug-likeness (QED) is 0.754. The van der Waals surface area contributed by atoms with Crippen molar-refractivity contribution < 1.29 is 9.21 Å². The Morgan fingerprint density at radius 2 is 2.05 bits per heavy atom. The highest BCUT2D eigenvalue weighted by atomic mass is 32.1. The van der Waals surface area contributed by atoms with Crippen LogP contribution in [-0.2, 0) is 6.54 Å². The van der Waals surface area contributed by atoms with Crippen molar-refractivity contribution in [1.82, 2.24) is 5.32 Å². The van der Waals surface area contributed by atoms with Crippen molar-refractivity contribution in [3.8, 4) is 0 Å². The minimum Gasteiger partial charge on any atom is -0.422 e. The van der Waals surface area contributed by atoms with Gasteiger partial charge in [0.25, 0.3) is 5.91 Å². The van der Waals surface area contributed by atoms with Crippen LogP contribution in [0.3, 0.4) is 0 Å². The summed E-state index contributed by atoms with van der Waals surface area (Å²) in [5, 5.41) is 5.54. The third-order valence-corrected chi connectivity index (χ3v) is 4.78. The Morgan fingerprint density at radius 3 is 2.77 bits per heavy atom. The van der Waals surface area contributed by atoms with E-state index in [1.807, 2.05) is 25.3 Å². The van der Waals surface area contributed by atoms with Gasteiger partial charge in [0, 0.05) is 16.8 Å². The molecule has 4 nitrogen and oxygen atoms in total. The predicted molar refractivity (Wildman–Crippen MR) is 87.4 cm³/mol. The smallest absolute Gasteiger partial charge is 0.349 e. The number of aryl methyl sites for hydroxylation is 1. The van der Waals surface area contributed by atoms with Crippen molar-refractivity contribution in [1.29, 1.82) is 0 Å². The molecular weight excluding hydrogens is 298 g/mol. The second-order valence-corrected chi connectivity index (χ2v) is 6.19. The lowest BCUT2D eigenvalue weighted by molar-refractivity contribution is 0.0947. The van der Waals surface area contributed by atoms with E-state index >= 15 is 0 Å². The van der Waals surface area contributed by atoms with E-state index in [1.54, 1.807) is 35.6 Å². The summed E-state index contributed by atoms with van der Waals surface area (Å²) in [6.45, 7) is 4.47.